The second-order valence-corrected chi connectivity index (χ2v) is 7.75. The Morgan fingerprint density at radius 1 is 1.21 bits per heavy atom. The second kappa shape index (κ2) is 9.07. The first-order valence-electron chi connectivity index (χ1n) is 8.79. The van der Waals surface area contributed by atoms with E-state index in [-0.39, 0.29) is 18.4 Å². The van der Waals surface area contributed by atoms with Gasteiger partial charge in [0.2, 0.25) is 5.91 Å². The minimum atomic E-state index is -0.365. The number of carbonyl (C=O) groups is 2. The zero-order valence-electron chi connectivity index (χ0n) is 16.2. The molecule has 0 radical (unpaired) electrons. The van der Waals surface area contributed by atoms with Crippen molar-refractivity contribution in [3.8, 4) is 16.3 Å². The molecule has 3 aromatic rings. The van der Waals surface area contributed by atoms with Crippen molar-refractivity contribution in [2.24, 2.45) is 0 Å². The molecule has 3 rings (SSSR count). The highest BCUT2D eigenvalue weighted by Gasteiger charge is 2.19. The maximum Gasteiger partial charge on any atom is 0.273 e. The van der Waals surface area contributed by atoms with Crippen LogP contribution in [-0.4, -0.2) is 42.4 Å². The number of benzene rings is 2. The van der Waals surface area contributed by atoms with E-state index in [1.807, 2.05) is 31.2 Å². The Morgan fingerprint density at radius 3 is 2.62 bits per heavy atom. The van der Waals surface area contributed by atoms with Gasteiger partial charge in [0.1, 0.15) is 16.5 Å². The zero-order chi connectivity index (χ0) is 21.0. The molecule has 0 aliphatic carbocycles. The van der Waals surface area contributed by atoms with Crippen LogP contribution in [0.15, 0.2) is 47.8 Å². The third kappa shape index (κ3) is 5.13. The number of anilines is 1. The van der Waals surface area contributed by atoms with Crippen LogP contribution < -0.4 is 10.1 Å². The van der Waals surface area contributed by atoms with Crippen LogP contribution in [0.2, 0.25) is 5.02 Å². The van der Waals surface area contributed by atoms with Crippen molar-refractivity contribution < 1.29 is 14.3 Å². The Labute approximate surface area is 178 Å². The number of amides is 2. The highest BCUT2D eigenvalue weighted by atomic mass is 35.5. The summed E-state index contributed by atoms with van der Waals surface area (Å²) in [6.45, 7) is 1.88. The highest BCUT2D eigenvalue weighted by molar-refractivity contribution is 7.13. The molecule has 1 N–H and O–H groups in total. The van der Waals surface area contributed by atoms with Crippen molar-refractivity contribution in [2.45, 2.75) is 6.92 Å². The fourth-order valence-electron chi connectivity index (χ4n) is 2.65. The molecular formula is C21H20ClN3O3S. The SMILES string of the molecule is COc1ccc(Cl)cc1NC(=O)CN(C)C(=O)c1csc(-c2ccc(C)cc2)n1. The molecule has 2 aromatic carbocycles. The summed E-state index contributed by atoms with van der Waals surface area (Å²) in [6.07, 6.45) is 0. The molecule has 6 nitrogen and oxygen atoms in total. The lowest BCUT2D eigenvalue weighted by Gasteiger charge is -2.16. The predicted octanol–water partition coefficient (Wildman–Crippen LogP) is 4.49. The summed E-state index contributed by atoms with van der Waals surface area (Å²) >= 11 is 7.37. The third-order valence-electron chi connectivity index (χ3n) is 4.18. The van der Waals surface area contributed by atoms with E-state index in [4.69, 9.17) is 16.3 Å². The van der Waals surface area contributed by atoms with E-state index < -0.39 is 0 Å². The Morgan fingerprint density at radius 2 is 1.93 bits per heavy atom. The summed E-state index contributed by atoms with van der Waals surface area (Å²) in [5.74, 6) is -0.206. The van der Waals surface area contributed by atoms with E-state index in [1.54, 1.807) is 30.6 Å². The molecule has 2 amide bonds. The van der Waals surface area contributed by atoms with Crippen LogP contribution in [-0.2, 0) is 4.79 Å². The van der Waals surface area contributed by atoms with E-state index in [0.717, 1.165) is 16.1 Å². The van der Waals surface area contributed by atoms with Gasteiger partial charge in [-0.25, -0.2) is 4.98 Å². The molecule has 1 heterocycles. The van der Waals surface area contributed by atoms with Crippen LogP contribution >= 0.6 is 22.9 Å². The summed E-state index contributed by atoms with van der Waals surface area (Å²) in [7, 11) is 3.06. The van der Waals surface area contributed by atoms with Gasteiger partial charge in [-0.15, -0.1) is 11.3 Å². The fraction of sp³-hybridized carbons (Fsp3) is 0.190. The number of hydrogen-bond donors (Lipinski definition) is 1. The first-order chi connectivity index (χ1) is 13.9. The van der Waals surface area contributed by atoms with E-state index in [0.29, 0.717) is 22.2 Å². The van der Waals surface area contributed by atoms with Crippen LogP contribution in [0.3, 0.4) is 0 Å². The lowest BCUT2D eigenvalue weighted by molar-refractivity contribution is -0.116. The second-order valence-electron chi connectivity index (χ2n) is 6.46. The number of ether oxygens (including phenoxy) is 1. The van der Waals surface area contributed by atoms with Crippen LogP contribution in [0.1, 0.15) is 16.1 Å². The first kappa shape index (κ1) is 20.8. The molecule has 0 unspecified atom stereocenters. The number of halogens is 1. The maximum atomic E-state index is 12.7. The van der Waals surface area contributed by atoms with Crippen molar-refractivity contribution in [2.75, 3.05) is 26.0 Å². The monoisotopic (exact) mass is 429 g/mol. The fourth-order valence-corrected chi connectivity index (χ4v) is 3.62. The topological polar surface area (TPSA) is 71.5 Å². The van der Waals surface area contributed by atoms with E-state index in [1.165, 1.54) is 23.3 Å². The molecule has 0 bridgehead atoms. The summed E-state index contributed by atoms with van der Waals surface area (Å²) in [5, 5.41) is 5.64. The number of aromatic nitrogens is 1. The van der Waals surface area contributed by atoms with Gasteiger partial charge in [0.25, 0.3) is 5.91 Å². The molecule has 0 spiro atoms. The Kier molecular flexibility index (Phi) is 6.51. The lowest BCUT2D eigenvalue weighted by atomic mass is 10.2. The smallest absolute Gasteiger partial charge is 0.273 e. The van der Waals surface area contributed by atoms with Crippen molar-refractivity contribution in [3.05, 3.63) is 64.1 Å². The van der Waals surface area contributed by atoms with Crippen molar-refractivity contribution in [1.82, 2.24) is 9.88 Å². The Bertz CT molecular complexity index is 1030. The largest absolute Gasteiger partial charge is 0.495 e. The number of nitrogens with zero attached hydrogens (tertiary/aromatic N) is 2. The molecule has 0 saturated heterocycles. The van der Waals surface area contributed by atoms with Gasteiger partial charge in [-0.1, -0.05) is 41.4 Å². The third-order valence-corrected chi connectivity index (χ3v) is 5.31. The van der Waals surface area contributed by atoms with Crippen molar-refractivity contribution in [1.29, 1.82) is 0 Å². The zero-order valence-corrected chi connectivity index (χ0v) is 17.8. The highest BCUT2D eigenvalue weighted by Crippen LogP contribution is 2.28. The van der Waals surface area contributed by atoms with Crippen LogP contribution in [0.5, 0.6) is 5.75 Å². The number of methoxy groups -OCH3 is 1. The van der Waals surface area contributed by atoms with Gasteiger partial charge < -0.3 is 15.0 Å². The van der Waals surface area contributed by atoms with Gasteiger partial charge in [-0.2, -0.15) is 0 Å². The summed E-state index contributed by atoms with van der Waals surface area (Å²) in [4.78, 5) is 30.8. The molecule has 0 atom stereocenters. The average Bonchev–Trinajstić information content (AvgIpc) is 3.18. The number of likely N-dealkylation sites (N-methyl/N-ethyl adjacent to an activating group) is 1. The molecule has 150 valence electrons. The molecule has 1 aromatic heterocycles. The number of rotatable bonds is 6. The van der Waals surface area contributed by atoms with E-state index in [9.17, 15) is 9.59 Å². The van der Waals surface area contributed by atoms with Gasteiger partial charge in [0, 0.05) is 23.0 Å². The summed E-state index contributed by atoms with van der Waals surface area (Å²) in [6, 6.07) is 12.9. The van der Waals surface area contributed by atoms with Crippen molar-refractivity contribution in [3.63, 3.8) is 0 Å². The molecule has 0 aliphatic heterocycles. The van der Waals surface area contributed by atoms with Crippen LogP contribution in [0.4, 0.5) is 5.69 Å². The Balaban J connectivity index is 1.65. The quantitative estimate of drug-likeness (QED) is 0.626. The minimum Gasteiger partial charge on any atom is -0.495 e. The molecule has 0 fully saturated rings. The van der Waals surface area contributed by atoms with Gasteiger partial charge in [0.15, 0.2) is 0 Å². The van der Waals surface area contributed by atoms with Crippen LogP contribution in [0, 0.1) is 6.92 Å². The summed E-state index contributed by atoms with van der Waals surface area (Å²) in [5.41, 5.74) is 2.86. The Hall–Kier alpha value is -2.90. The number of thiazole rings is 1. The van der Waals surface area contributed by atoms with Gasteiger partial charge in [-0.05, 0) is 25.1 Å². The standard InChI is InChI=1S/C21H20ClN3O3S/c1-13-4-6-14(7-5-13)20-24-17(12-29-20)21(27)25(2)11-19(26)23-16-10-15(22)8-9-18(16)28-3/h4-10,12H,11H2,1-3H3,(H,23,26). The molecule has 0 saturated carbocycles. The average molecular weight is 430 g/mol. The number of hydrogen-bond acceptors (Lipinski definition) is 5. The van der Waals surface area contributed by atoms with Gasteiger partial charge >= 0.3 is 0 Å². The van der Waals surface area contributed by atoms with Crippen LogP contribution in [0.25, 0.3) is 10.6 Å². The number of carbonyl (C=O) groups excluding carboxylic acids is 2. The summed E-state index contributed by atoms with van der Waals surface area (Å²) < 4.78 is 5.21. The van der Waals surface area contributed by atoms with E-state index in [2.05, 4.69) is 10.3 Å². The molecule has 0 aliphatic rings. The van der Waals surface area contributed by atoms with Gasteiger partial charge in [-0.3, -0.25) is 9.59 Å². The van der Waals surface area contributed by atoms with Gasteiger partial charge in [0.05, 0.1) is 19.3 Å². The minimum absolute atomic E-state index is 0.133. The van der Waals surface area contributed by atoms with E-state index >= 15 is 0 Å². The first-order valence-corrected chi connectivity index (χ1v) is 10.0. The normalized spacial score (nSPS) is 10.5. The molecule has 29 heavy (non-hydrogen) atoms. The lowest BCUT2D eigenvalue weighted by Crippen LogP contribution is -2.35. The number of aryl methyl sites for hydroxylation is 1. The molecular weight excluding hydrogens is 410 g/mol. The predicted molar refractivity (Wildman–Crippen MR) is 116 cm³/mol. The number of nitrogens with one attached hydrogen (secondary N) is 1. The maximum absolute atomic E-state index is 12.7. The van der Waals surface area contributed by atoms with Crippen molar-refractivity contribution >= 4 is 40.4 Å². The molecule has 8 heteroatoms.